The highest BCUT2D eigenvalue weighted by molar-refractivity contribution is 5.95. The first-order chi connectivity index (χ1) is 14.0. The predicted molar refractivity (Wildman–Crippen MR) is 112 cm³/mol. The van der Waals surface area contributed by atoms with Crippen LogP contribution >= 0.6 is 0 Å². The van der Waals surface area contributed by atoms with E-state index in [0.29, 0.717) is 23.7 Å². The first-order valence-electron chi connectivity index (χ1n) is 9.58. The number of hydrogen-bond donors (Lipinski definition) is 4. The topological polar surface area (TPSA) is 95.3 Å². The smallest absolute Gasteiger partial charge is 0.279 e. The lowest BCUT2D eigenvalue weighted by Gasteiger charge is -2.33. The van der Waals surface area contributed by atoms with E-state index in [9.17, 15) is 14.7 Å². The normalized spacial score (nSPS) is 14.3. The summed E-state index contributed by atoms with van der Waals surface area (Å²) in [5.74, 6) is 0.514. The molecular weight excluding hydrogens is 372 g/mol. The molecular formula is C21H27N4O4+. The standard InChI is InChI=1S/C21H26N4O4/c1-15(26)22-16-7-8-20(29-2)17(13-16)23-21(28)14-24-9-11-25(12-10-24)18-5-3-4-6-19(18)27/h3-8,13,27H,9-12,14H2,1-2H3,(H,22,26)(H,23,28)/p+1. The van der Waals surface area contributed by atoms with E-state index in [-0.39, 0.29) is 17.6 Å². The average molecular weight is 399 g/mol. The fourth-order valence-corrected chi connectivity index (χ4v) is 3.48. The van der Waals surface area contributed by atoms with Crippen LogP contribution in [-0.2, 0) is 9.59 Å². The third kappa shape index (κ3) is 5.39. The number of piperazine rings is 1. The van der Waals surface area contributed by atoms with Gasteiger partial charge in [0.2, 0.25) is 5.91 Å². The maximum atomic E-state index is 12.6. The van der Waals surface area contributed by atoms with Crippen molar-refractivity contribution in [2.45, 2.75) is 6.92 Å². The lowest BCUT2D eigenvalue weighted by Crippen LogP contribution is -3.15. The van der Waals surface area contributed by atoms with Crippen LogP contribution in [0.5, 0.6) is 11.5 Å². The van der Waals surface area contributed by atoms with Crippen LogP contribution < -0.4 is 25.2 Å². The zero-order valence-electron chi connectivity index (χ0n) is 16.7. The Morgan fingerprint density at radius 2 is 1.86 bits per heavy atom. The molecule has 0 saturated carbocycles. The highest BCUT2D eigenvalue weighted by Crippen LogP contribution is 2.28. The summed E-state index contributed by atoms with van der Waals surface area (Å²) in [5, 5.41) is 15.6. The monoisotopic (exact) mass is 399 g/mol. The van der Waals surface area contributed by atoms with Crippen molar-refractivity contribution in [1.29, 1.82) is 0 Å². The summed E-state index contributed by atoms with van der Waals surface area (Å²) in [6, 6.07) is 12.4. The van der Waals surface area contributed by atoms with E-state index in [1.165, 1.54) is 18.9 Å². The Bertz CT molecular complexity index is 879. The number of para-hydroxylation sites is 2. The summed E-state index contributed by atoms with van der Waals surface area (Å²) in [6.45, 7) is 4.89. The molecule has 1 aliphatic rings. The number of methoxy groups -OCH3 is 1. The number of carbonyl (C=O) groups excluding carboxylic acids is 2. The predicted octanol–water partition coefficient (Wildman–Crippen LogP) is 0.703. The Morgan fingerprint density at radius 1 is 1.14 bits per heavy atom. The zero-order chi connectivity index (χ0) is 20.8. The third-order valence-corrected chi connectivity index (χ3v) is 4.90. The Hall–Kier alpha value is -3.26. The fraction of sp³-hybridized carbons (Fsp3) is 0.333. The maximum Gasteiger partial charge on any atom is 0.279 e. The Balaban J connectivity index is 1.56. The number of carbonyl (C=O) groups is 2. The number of phenolic OH excluding ortho intramolecular Hbond substituents is 1. The van der Waals surface area contributed by atoms with Gasteiger partial charge in [-0.05, 0) is 30.3 Å². The molecule has 0 bridgehead atoms. The van der Waals surface area contributed by atoms with Gasteiger partial charge in [-0.25, -0.2) is 0 Å². The van der Waals surface area contributed by atoms with Crippen LogP contribution in [-0.4, -0.2) is 56.8 Å². The Morgan fingerprint density at radius 3 is 2.52 bits per heavy atom. The molecule has 1 heterocycles. The number of ether oxygens (including phenoxy) is 1. The van der Waals surface area contributed by atoms with Crippen LogP contribution in [0.4, 0.5) is 17.1 Å². The van der Waals surface area contributed by atoms with Crippen molar-refractivity contribution in [3.8, 4) is 11.5 Å². The molecule has 4 N–H and O–H groups in total. The molecule has 0 aromatic heterocycles. The summed E-state index contributed by atoms with van der Waals surface area (Å²) < 4.78 is 5.31. The number of anilines is 3. The minimum atomic E-state index is -0.181. The summed E-state index contributed by atoms with van der Waals surface area (Å²) in [4.78, 5) is 27.1. The van der Waals surface area contributed by atoms with Gasteiger partial charge >= 0.3 is 0 Å². The Labute approximate surface area is 170 Å². The molecule has 0 aliphatic carbocycles. The summed E-state index contributed by atoms with van der Waals surface area (Å²) >= 11 is 0. The van der Waals surface area contributed by atoms with Crippen LogP contribution in [0.2, 0.25) is 0 Å². The SMILES string of the molecule is COc1ccc(NC(C)=O)cc1NC(=O)C[NH+]1CCN(c2ccccc2O)CC1. The molecule has 29 heavy (non-hydrogen) atoms. The van der Waals surface area contributed by atoms with Gasteiger partial charge < -0.3 is 30.3 Å². The van der Waals surface area contributed by atoms with Crippen molar-refractivity contribution >= 4 is 28.9 Å². The molecule has 8 heteroatoms. The van der Waals surface area contributed by atoms with Crippen molar-refractivity contribution in [2.24, 2.45) is 0 Å². The summed E-state index contributed by atoms with van der Waals surface area (Å²) in [6.07, 6.45) is 0. The van der Waals surface area contributed by atoms with E-state index >= 15 is 0 Å². The van der Waals surface area contributed by atoms with Gasteiger partial charge in [-0.3, -0.25) is 9.59 Å². The van der Waals surface area contributed by atoms with Crippen LogP contribution in [0.1, 0.15) is 6.92 Å². The highest BCUT2D eigenvalue weighted by atomic mass is 16.5. The number of phenols is 1. The second-order valence-electron chi connectivity index (χ2n) is 7.05. The van der Waals surface area contributed by atoms with Gasteiger partial charge in [0.05, 0.1) is 44.7 Å². The van der Waals surface area contributed by atoms with Crippen molar-refractivity contribution in [3.63, 3.8) is 0 Å². The summed E-state index contributed by atoms with van der Waals surface area (Å²) in [5.41, 5.74) is 1.95. The Kier molecular flexibility index (Phi) is 6.56. The molecule has 1 aliphatic heterocycles. The first kappa shape index (κ1) is 20.5. The van der Waals surface area contributed by atoms with E-state index in [1.807, 2.05) is 12.1 Å². The second-order valence-corrected chi connectivity index (χ2v) is 7.05. The number of benzene rings is 2. The molecule has 2 aromatic rings. The van der Waals surface area contributed by atoms with Gasteiger partial charge in [-0.15, -0.1) is 0 Å². The maximum absolute atomic E-state index is 12.6. The molecule has 2 aromatic carbocycles. The van der Waals surface area contributed by atoms with Crippen molar-refractivity contribution in [3.05, 3.63) is 42.5 Å². The molecule has 0 atom stereocenters. The summed E-state index contributed by atoms with van der Waals surface area (Å²) in [7, 11) is 1.53. The number of hydrogen-bond acceptors (Lipinski definition) is 5. The molecule has 8 nitrogen and oxygen atoms in total. The number of amides is 2. The van der Waals surface area contributed by atoms with Gasteiger partial charge in [-0.1, -0.05) is 12.1 Å². The minimum Gasteiger partial charge on any atom is -0.506 e. The number of rotatable bonds is 6. The van der Waals surface area contributed by atoms with Gasteiger partial charge in [0.15, 0.2) is 6.54 Å². The fourth-order valence-electron chi connectivity index (χ4n) is 3.48. The van der Waals surface area contributed by atoms with Crippen molar-refractivity contribution < 1.29 is 24.3 Å². The lowest BCUT2D eigenvalue weighted by atomic mass is 10.2. The molecule has 2 amide bonds. The van der Waals surface area contributed by atoms with Gasteiger partial charge in [0, 0.05) is 12.6 Å². The van der Waals surface area contributed by atoms with Crippen LogP contribution in [0.15, 0.2) is 42.5 Å². The van der Waals surface area contributed by atoms with Crippen molar-refractivity contribution in [1.82, 2.24) is 0 Å². The van der Waals surface area contributed by atoms with Crippen molar-refractivity contribution in [2.75, 3.05) is 55.4 Å². The molecule has 0 unspecified atom stereocenters. The second kappa shape index (κ2) is 9.29. The van der Waals surface area contributed by atoms with E-state index < -0.39 is 0 Å². The lowest BCUT2D eigenvalue weighted by molar-refractivity contribution is -0.892. The molecule has 1 fully saturated rings. The van der Waals surface area contributed by atoms with Crippen LogP contribution in [0.3, 0.4) is 0 Å². The molecule has 1 saturated heterocycles. The molecule has 0 radical (unpaired) electrons. The van der Waals surface area contributed by atoms with Crippen LogP contribution in [0, 0.1) is 0 Å². The molecule has 3 rings (SSSR count). The number of quaternary nitrogens is 1. The van der Waals surface area contributed by atoms with Gasteiger partial charge in [-0.2, -0.15) is 0 Å². The first-order valence-corrected chi connectivity index (χ1v) is 9.58. The highest BCUT2D eigenvalue weighted by Gasteiger charge is 2.24. The van der Waals surface area contributed by atoms with E-state index in [4.69, 9.17) is 4.74 Å². The molecule has 0 spiro atoms. The molecule has 154 valence electrons. The van der Waals surface area contributed by atoms with Gasteiger partial charge in [0.25, 0.3) is 5.91 Å². The number of nitrogens with zero attached hydrogens (tertiary/aromatic N) is 1. The zero-order valence-corrected chi connectivity index (χ0v) is 16.7. The number of nitrogens with one attached hydrogen (secondary N) is 3. The van der Waals surface area contributed by atoms with E-state index in [1.54, 1.807) is 30.3 Å². The number of aromatic hydroxyl groups is 1. The van der Waals surface area contributed by atoms with E-state index in [2.05, 4.69) is 15.5 Å². The average Bonchev–Trinajstić information content (AvgIpc) is 2.69. The quantitative estimate of drug-likeness (QED) is 0.574. The minimum absolute atomic E-state index is 0.116. The van der Waals surface area contributed by atoms with Crippen LogP contribution in [0.25, 0.3) is 0 Å². The van der Waals surface area contributed by atoms with Gasteiger partial charge in [0.1, 0.15) is 11.5 Å². The third-order valence-electron chi connectivity index (χ3n) is 4.90. The van der Waals surface area contributed by atoms with E-state index in [0.717, 1.165) is 31.9 Å². The largest absolute Gasteiger partial charge is 0.506 e.